The van der Waals surface area contributed by atoms with Crippen LogP contribution in [-0.2, 0) is 22.4 Å². The van der Waals surface area contributed by atoms with Crippen molar-refractivity contribution in [2.24, 2.45) is 0 Å². The number of aromatic nitrogens is 2. The van der Waals surface area contributed by atoms with E-state index in [0.717, 1.165) is 65.1 Å². The van der Waals surface area contributed by atoms with E-state index in [-0.39, 0.29) is 18.4 Å². The fourth-order valence-electron chi connectivity index (χ4n) is 4.76. The molecule has 5 rings (SSSR count). The van der Waals surface area contributed by atoms with Gasteiger partial charge in [0.15, 0.2) is 0 Å². The zero-order valence-electron chi connectivity index (χ0n) is 20.4. The average molecular weight is 504 g/mol. The number of aryl methyl sites for hydroxylation is 1. The minimum absolute atomic E-state index is 0.222. The Hall–Kier alpha value is -3.51. The molecule has 2 aromatic carbocycles. The van der Waals surface area contributed by atoms with E-state index >= 15 is 0 Å². The van der Waals surface area contributed by atoms with Crippen molar-refractivity contribution in [3.8, 4) is 5.75 Å². The summed E-state index contributed by atoms with van der Waals surface area (Å²) in [6.07, 6.45) is 5.13. The molecule has 1 aliphatic rings. The lowest BCUT2D eigenvalue weighted by Gasteiger charge is -2.20. The number of halogens is 1. The highest BCUT2D eigenvalue weighted by Crippen LogP contribution is 2.31. The van der Waals surface area contributed by atoms with Crippen molar-refractivity contribution < 1.29 is 14.3 Å². The number of nitrogens with zero attached hydrogens (tertiary/aromatic N) is 2. The number of esters is 1. The molecule has 0 amide bonds. The molecule has 0 saturated carbocycles. The van der Waals surface area contributed by atoms with Crippen molar-refractivity contribution in [3.05, 3.63) is 88.8 Å². The normalized spacial score (nSPS) is 13.6. The van der Waals surface area contributed by atoms with Crippen LogP contribution < -0.4 is 10.1 Å². The quantitative estimate of drug-likeness (QED) is 0.275. The number of carbonyl (C=O) groups is 1. The van der Waals surface area contributed by atoms with Crippen LogP contribution in [0.3, 0.4) is 0 Å². The standard InChI is InChI=1S/C29H30ClN3O3/c1-2-35-29(34)19-28(20-5-3-6-22(30)17-20)33-15-12-21-18-24(9-11-27(21)33)36-16-13-23-8-10-25-26(32-23)7-4-14-31-25/h3,5-6,8-12,15,17-18,28,31H,2,4,7,13-14,16,19H2,1H3. The first-order valence-corrected chi connectivity index (χ1v) is 12.9. The van der Waals surface area contributed by atoms with E-state index < -0.39 is 0 Å². The van der Waals surface area contributed by atoms with E-state index in [1.165, 1.54) is 0 Å². The molecule has 0 saturated heterocycles. The van der Waals surface area contributed by atoms with Crippen LogP contribution in [0, 0.1) is 0 Å². The van der Waals surface area contributed by atoms with Gasteiger partial charge in [0, 0.05) is 40.8 Å². The Morgan fingerprint density at radius 2 is 2.08 bits per heavy atom. The number of carbonyl (C=O) groups excluding carboxylic acids is 1. The Labute approximate surface area is 216 Å². The lowest BCUT2D eigenvalue weighted by molar-refractivity contribution is -0.143. The minimum Gasteiger partial charge on any atom is -0.493 e. The van der Waals surface area contributed by atoms with E-state index in [4.69, 9.17) is 26.1 Å². The molecule has 186 valence electrons. The van der Waals surface area contributed by atoms with Crippen LogP contribution in [0.1, 0.15) is 42.8 Å². The van der Waals surface area contributed by atoms with Crippen LogP contribution in [0.4, 0.5) is 5.69 Å². The van der Waals surface area contributed by atoms with Gasteiger partial charge >= 0.3 is 5.97 Å². The van der Waals surface area contributed by atoms with Crippen molar-refractivity contribution in [1.82, 2.24) is 9.55 Å². The third-order valence-corrected chi connectivity index (χ3v) is 6.73. The lowest BCUT2D eigenvalue weighted by Crippen LogP contribution is -2.16. The number of pyridine rings is 1. The zero-order valence-corrected chi connectivity index (χ0v) is 21.1. The molecular weight excluding hydrogens is 474 g/mol. The van der Waals surface area contributed by atoms with Crippen LogP contribution >= 0.6 is 11.6 Å². The number of nitrogens with one attached hydrogen (secondary N) is 1. The molecule has 0 fully saturated rings. The molecule has 0 radical (unpaired) electrons. The van der Waals surface area contributed by atoms with Gasteiger partial charge in [-0.2, -0.15) is 0 Å². The maximum Gasteiger partial charge on any atom is 0.308 e. The van der Waals surface area contributed by atoms with Crippen molar-refractivity contribution in [1.29, 1.82) is 0 Å². The van der Waals surface area contributed by atoms with Crippen LogP contribution in [0.5, 0.6) is 5.75 Å². The molecule has 36 heavy (non-hydrogen) atoms. The first-order chi connectivity index (χ1) is 17.6. The second kappa shape index (κ2) is 11.0. The first-order valence-electron chi connectivity index (χ1n) is 12.5. The van der Waals surface area contributed by atoms with E-state index in [2.05, 4.69) is 22.0 Å². The maximum absolute atomic E-state index is 12.4. The highest BCUT2D eigenvalue weighted by atomic mass is 35.5. The molecule has 0 spiro atoms. The monoisotopic (exact) mass is 503 g/mol. The molecule has 7 heteroatoms. The van der Waals surface area contributed by atoms with Crippen LogP contribution in [0.25, 0.3) is 10.9 Å². The fraction of sp³-hybridized carbons (Fsp3) is 0.310. The van der Waals surface area contributed by atoms with Crippen molar-refractivity contribution >= 4 is 34.2 Å². The fourth-order valence-corrected chi connectivity index (χ4v) is 4.96. The number of fused-ring (bicyclic) bond motifs is 2. The molecule has 0 aliphatic carbocycles. The molecule has 4 aromatic rings. The van der Waals surface area contributed by atoms with E-state index in [1.54, 1.807) is 0 Å². The molecule has 1 N–H and O–H groups in total. The maximum atomic E-state index is 12.4. The minimum atomic E-state index is -0.240. The summed E-state index contributed by atoms with van der Waals surface area (Å²) >= 11 is 6.27. The van der Waals surface area contributed by atoms with Gasteiger partial charge in [-0.1, -0.05) is 23.7 Å². The zero-order chi connectivity index (χ0) is 24.9. The third kappa shape index (κ3) is 5.49. The molecular formula is C29H30ClN3O3. The summed E-state index contributed by atoms with van der Waals surface area (Å²) in [6.45, 7) is 3.74. The Morgan fingerprint density at radius 3 is 2.94 bits per heavy atom. The summed E-state index contributed by atoms with van der Waals surface area (Å²) in [6, 6.07) is 19.7. The predicted molar refractivity (Wildman–Crippen MR) is 143 cm³/mol. The Balaban J connectivity index is 1.31. The topological polar surface area (TPSA) is 65.4 Å². The number of hydrogen-bond donors (Lipinski definition) is 1. The van der Waals surface area contributed by atoms with Gasteiger partial charge in [0.05, 0.1) is 37.1 Å². The van der Waals surface area contributed by atoms with E-state index in [9.17, 15) is 4.79 Å². The first kappa shape index (κ1) is 24.2. The highest BCUT2D eigenvalue weighted by molar-refractivity contribution is 6.30. The summed E-state index contributed by atoms with van der Waals surface area (Å²) in [5, 5.41) is 5.08. The van der Waals surface area contributed by atoms with Gasteiger partial charge in [-0.15, -0.1) is 0 Å². The van der Waals surface area contributed by atoms with Crippen molar-refractivity contribution in [2.75, 3.05) is 25.1 Å². The highest BCUT2D eigenvalue weighted by Gasteiger charge is 2.21. The number of rotatable bonds is 9. The Morgan fingerprint density at radius 1 is 1.17 bits per heavy atom. The number of anilines is 1. The van der Waals surface area contributed by atoms with E-state index in [0.29, 0.717) is 18.2 Å². The molecule has 6 nitrogen and oxygen atoms in total. The molecule has 3 heterocycles. The van der Waals surface area contributed by atoms with Gasteiger partial charge in [0.1, 0.15) is 5.75 Å². The molecule has 1 unspecified atom stereocenters. The van der Waals surface area contributed by atoms with Gasteiger partial charge in [-0.05, 0) is 73.9 Å². The summed E-state index contributed by atoms with van der Waals surface area (Å²) in [5.74, 6) is 0.570. The molecule has 1 aliphatic heterocycles. The second-order valence-corrected chi connectivity index (χ2v) is 9.39. The van der Waals surface area contributed by atoms with Crippen LogP contribution in [-0.4, -0.2) is 35.3 Å². The summed E-state index contributed by atoms with van der Waals surface area (Å²) in [7, 11) is 0. The lowest BCUT2D eigenvalue weighted by atomic mass is 10.0. The number of ether oxygens (including phenoxy) is 2. The molecule has 0 bridgehead atoms. The SMILES string of the molecule is CCOC(=O)CC(c1cccc(Cl)c1)n1ccc2cc(OCCc3ccc4c(n3)CCCN4)ccc21. The van der Waals surface area contributed by atoms with E-state index in [1.807, 2.05) is 61.7 Å². The van der Waals surface area contributed by atoms with Crippen LogP contribution in [0.2, 0.25) is 5.02 Å². The smallest absolute Gasteiger partial charge is 0.308 e. The summed E-state index contributed by atoms with van der Waals surface area (Å²) in [5.41, 5.74) is 5.33. The number of benzene rings is 2. The second-order valence-electron chi connectivity index (χ2n) is 8.95. The molecule has 1 atom stereocenters. The predicted octanol–water partition coefficient (Wildman–Crippen LogP) is 6.21. The van der Waals surface area contributed by atoms with Gasteiger partial charge < -0.3 is 19.4 Å². The average Bonchev–Trinajstić information content (AvgIpc) is 3.30. The largest absolute Gasteiger partial charge is 0.493 e. The van der Waals surface area contributed by atoms with Gasteiger partial charge in [0.2, 0.25) is 0 Å². The van der Waals surface area contributed by atoms with Gasteiger partial charge in [-0.3, -0.25) is 9.78 Å². The summed E-state index contributed by atoms with van der Waals surface area (Å²) in [4.78, 5) is 17.2. The molecule has 2 aromatic heterocycles. The summed E-state index contributed by atoms with van der Waals surface area (Å²) < 4.78 is 13.4. The van der Waals surface area contributed by atoms with Gasteiger partial charge in [-0.25, -0.2) is 0 Å². The Bertz CT molecular complexity index is 1370. The third-order valence-electron chi connectivity index (χ3n) is 6.49. The van der Waals surface area contributed by atoms with Crippen LogP contribution in [0.15, 0.2) is 66.9 Å². The van der Waals surface area contributed by atoms with Gasteiger partial charge in [0.25, 0.3) is 0 Å². The van der Waals surface area contributed by atoms with Crippen molar-refractivity contribution in [3.63, 3.8) is 0 Å². The number of hydrogen-bond acceptors (Lipinski definition) is 5. The van der Waals surface area contributed by atoms with Crippen molar-refractivity contribution in [2.45, 2.75) is 38.6 Å². The Kier molecular flexibility index (Phi) is 7.42.